The SMILES string of the molecule is O=C(O)[C@H](Cc1cnc(Br)c2ccccc12)NC(c1ccccc1)(c1ccccc1)c1ccccc1. The lowest BCUT2D eigenvalue weighted by Crippen LogP contribution is -2.53. The van der Waals surface area contributed by atoms with Crippen LogP contribution < -0.4 is 5.32 Å². The lowest BCUT2D eigenvalue weighted by atomic mass is 9.76. The summed E-state index contributed by atoms with van der Waals surface area (Å²) in [6.45, 7) is 0. The molecule has 1 heterocycles. The molecule has 2 N–H and O–H groups in total. The minimum atomic E-state index is -0.922. The largest absolute Gasteiger partial charge is 0.480 e. The molecule has 0 unspecified atom stereocenters. The normalized spacial score (nSPS) is 12.4. The maximum Gasteiger partial charge on any atom is 0.321 e. The first-order chi connectivity index (χ1) is 17.6. The van der Waals surface area contributed by atoms with Crippen LogP contribution in [0.2, 0.25) is 0 Å². The molecule has 0 aliphatic carbocycles. The molecule has 0 saturated heterocycles. The zero-order valence-corrected chi connectivity index (χ0v) is 21.1. The molecular weight excluding hydrogens is 512 g/mol. The van der Waals surface area contributed by atoms with Crippen molar-refractivity contribution in [1.29, 1.82) is 0 Å². The Labute approximate surface area is 218 Å². The third kappa shape index (κ3) is 4.55. The van der Waals surface area contributed by atoms with E-state index in [1.165, 1.54) is 0 Å². The minimum absolute atomic E-state index is 0.268. The smallest absolute Gasteiger partial charge is 0.321 e. The molecule has 0 fully saturated rings. The van der Waals surface area contributed by atoms with Gasteiger partial charge in [0, 0.05) is 18.0 Å². The standard InChI is InChI=1S/C31H25BrN2O2/c32-29-27-19-11-10-18-26(27)22(21-33-29)20-28(30(35)36)34-31(23-12-4-1-5-13-23,24-14-6-2-7-15-24)25-16-8-3-9-17-25/h1-19,21,28,34H,20H2,(H,35,36)/t28-/m0/s1. The van der Waals surface area contributed by atoms with E-state index >= 15 is 0 Å². The van der Waals surface area contributed by atoms with Crippen LogP contribution in [-0.4, -0.2) is 22.1 Å². The Morgan fingerprint density at radius 2 is 1.19 bits per heavy atom. The van der Waals surface area contributed by atoms with Crippen molar-refractivity contribution in [1.82, 2.24) is 10.3 Å². The van der Waals surface area contributed by atoms with Gasteiger partial charge in [0.2, 0.25) is 0 Å². The predicted molar refractivity (Wildman–Crippen MR) is 147 cm³/mol. The Morgan fingerprint density at radius 1 is 0.750 bits per heavy atom. The summed E-state index contributed by atoms with van der Waals surface area (Å²) >= 11 is 3.52. The molecule has 0 bridgehead atoms. The van der Waals surface area contributed by atoms with Crippen LogP contribution in [0, 0.1) is 0 Å². The molecule has 4 nitrogen and oxygen atoms in total. The van der Waals surface area contributed by atoms with Crippen molar-refractivity contribution < 1.29 is 9.90 Å². The average molecular weight is 537 g/mol. The summed E-state index contributed by atoms with van der Waals surface area (Å²) in [4.78, 5) is 17.3. The van der Waals surface area contributed by atoms with E-state index in [0.29, 0.717) is 0 Å². The molecule has 1 atom stereocenters. The summed E-state index contributed by atoms with van der Waals surface area (Å²) in [6, 6.07) is 37.1. The van der Waals surface area contributed by atoms with Crippen molar-refractivity contribution in [3.8, 4) is 0 Å². The van der Waals surface area contributed by atoms with E-state index in [1.54, 1.807) is 6.20 Å². The molecule has 5 aromatic rings. The zero-order chi connectivity index (χ0) is 25.0. The summed E-state index contributed by atoms with van der Waals surface area (Å²) in [5, 5.41) is 16.0. The highest BCUT2D eigenvalue weighted by atomic mass is 79.9. The van der Waals surface area contributed by atoms with Crippen molar-refractivity contribution in [3.05, 3.63) is 148 Å². The highest BCUT2D eigenvalue weighted by Gasteiger charge is 2.40. The van der Waals surface area contributed by atoms with E-state index in [4.69, 9.17) is 0 Å². The van der Waals surface area contributed by atoms with E-state index in [-0.39, 0.29) is 6.42 Å². The molecule has 5 heteroatoms. The molecule has 0 aliphatic heterocycles. The number of aromatic nitrogens is 1. The number of carboxylic acid groups (broad SMARTS) is 1. The monoisotopic (exact) mass is 536 g/mol. The van der Waals surface area contributed by atoms with Gasteiger partial charge in [0.1, 0.15) is 10.6 Å². The van der Waals surface area contributed by atoms with Gasteiger partial charge in [-0.2, -0.15) is 0 Å². The molecule has 178 valence electrons. The van der Waals surface area contributed by atoms with Crippen LogP contribution in [0.15, 0.2) is 126 Å². The number of pyridine rings is 1. The number of hydrogen-bond donors (Lipinski definition) is 2. The van der Waals surface area contributed by atoms with E-state index < -0.39 is 17.6 Å². The summed E-state index contributed by atoms with van der Waals surface area (Å²) < 4.78 is 0.744. The van der Waals surface area contributed by atoms with Gasteiger partial charge in [0.25, 0.3) is 0 Å². The molecule has 1 aromatic heterocycles. The molecule has 5 rings (SSSR count). The Morgan fingerprint density at radius 3 is 1.67 bits per heavy atom. The Kier molecular flexibility index (Phi) is 6.94. The highest BCUT2D eigenvalue weighted by molar-refractivity contribution is 9.10. The first kappa shape index (κ1) is 23.9. The number of halogens is 1. The number of carboxylic acids is 1. The summed E-state index contributed by atoms with van der Waals surface area (Å²) in [5.74, 6) is -0.922. The fraction of sp³-hybridized carbons (Fsp3) is 0.0968. The third-order valence-electron chi connectivity index (χ3n) is 6.56. The Balaban J connectivity index is 1.68. The quantitative estimate of drug-likeness (QED) is 0.174. The molecule has 4 aromatic carbocycles. The fourth-order valence-electron chi connectivity index (χ4n) is 4.88. The molecule has 0 amide bonds. The van der Waals surface area contributed by atoms with Crippen molar-refractivity contribution in [2.75, 3.05) is 0 Å². The van der Waals surface area contributed by atoms with Gasteiger partial charge in [-0.05, 0) is 43.6 Å². The number of nitrogens with zero attached hydrogens (tertiary/aromatic N) is 1. The molecule has 0 saturated carbocycles. The highest BCUT2D eigenvalue weighted by Crippen LogP contribution is 2.38. The van der Waals surface area contributed by atoms with E-state index in [9.17, 15) is 9.90 Å². The van der Waals surface area contributed by atoms with Crippen molar-refractivity contribution in [3.63, 3.8) is 0 Å². The molecule has 36 heavy (non-hydrogen) atoms. The number of fused-ring (bicyclic) bond motifs is 1. The van der Waals surface area contributed by atoms with Crippen molar-refractivity contribution in [2.45, 2.75) is 18.0 Å². The second-order valence-corrected chi connectivity index (χ2v) is 9.46. The second-order valence-electron chi connectivity index (χ2n) is 8.71. The fourth-order valence-corrected chi connectivity index (χ4v) is 5.32. The summed E-state index contributed by atoms with van der Waals surface area (Å²) in [7, 11) is 0. The van der Waals surface area contributed by atoms with Crippen LogP contribution in [0.25, 0.3) is 10.8 Å². The average Bonchev–Trinajstić information content (AvgIpc) is 2.94. The number of nitrogens with one attached hydrogen (secondary N) is 1. The van der Waals surface area contributed by atoms with Gasteiger partial charge >= 0.3 is 5.97 Å². The van der Waals surface area contributed by atoms with Gasteiger partial charge in [-0.3, -0.25) is 10.1 Å². The van der Waals surface area contributed by atoms with Crippen molar-refractivity contribution >= 4 is 32.7 Å². The Bertz CT molecular complexity index is 1380. The lowest BCUT2D eigenvalue weighted by molar-refractivity contribution is -0.139. The van der Waals surface area contributed by atoms with Gasteiger partial charge in [-0.1, -0.05) is 115 Å². The van der Waals surface area contributed by atoms with E-state index in [0.717, 1.165) is 37.6 Å². The summed E-state index contributed by atoms with van der Waals surface area (Å²) in [6.07, 6.45) is 2.03. The van der Waals surface area contributed by atoms with Gasteiger partial charge in [-0.25, -0.2) is 4.98 Å². The van der Waals surface area contributed by atoms with E-state index in [1.807, 2.05) is 115 Å². The lowest BCUT2D eigenvalue weighted by Gasteiger charge is -2.39. The third-order valence-corrected chi connectivity index (χ3v) is 7.19. The number of rotatable bonds is 8. The topological polar surface area (TPSA) is 62.2 Å². The van der Waals surface area contributed by atoms with E-state index in [2.05, 4.69) is 26.2 Å². The number of benzene rings is 4. The first-order valence-corrected chi connectivity index (χ1v) is 12.6. The van der Waals surface area contributed by atoms with Crippen LogP contribution in [0.3, 0.4) is 0 Å². The molecular formula is C31H25BrN2O2. The van der Waals surface area contributed by atoms with Crippen LogP contribution in [0.4, 0.5) is 0 Å². The molecule has 0 spiro atoms. The van der Waals surface area contributed by atoms with Crippen LogP contribution in [0.1, 0.15) is 22.3 Å². The minimum Gasteiger partial charge on any atom is -0.480 e. The maximum absolute atomic E-state index is 12.8. The number of aliphatic carboxylic acids is 1. The molecule has 0 radical (unpaired) electrons. The van der Waals surface area contributed by atoms with Gasteiger partial charge in [0.15, 0.2) is 0 Å². The number of hydrogen-bond acceptors (Lipinski definition) is 3. The first-order valence-electron chi connectivity index (χ1n) is 11.8. The van der Waals surface area contributed by atoms with Crippen molar-refractivity contribution in [2.24, 2.45) is 0 Å². The Hall–Kier alpha value is -3.80. The predicted octanol–water partition coefficient (Wildman–Crippen LogP) is 6.57. The van der Waals surface area contributed by atoms with Gasteiger partial charge in [-0.15, -0.1) is 0 Å². The summed E-state index contributed by atoms with van der Waals surface area (Å²) in [5.41, 5.74) is 2.88. The van der Waals surface area contributed by atoms with Gasteiger partial charge in [0.05, 0.1) is 5.54 Å². The van der Waals surface area contributed by atoms with Gasteiger partial charge < -0.3 is 5.11 Å². The zero-order valence-electron chi connectivity index (χ0n) is 19.5. The second kappa shape index (κ2) is 10.4. The maximum atomic E-state index is 12.8. The molecule has 0 aliphatic rings. The van der Waals surface area contributed by atoms with Crippen LogP contribution in [0.5, 0.6) is 0 Å². The van der Waals surface area contributed by atoms with Crippen LogP contribution in [-0.2, 0) is 16.8 Å². The number of carbonyl (C=O) groups is 1. The van der Waals surface area contributed by atoms with Crippen LogP contribution >= 0.6 is 15.9 Å².